The fraction of sp³-hybridized carbons (Fsp3) is 0.400. The maximum atomic E-state index is 13.4. The number of nitriles is 1. The minimum Gasteiger partial charge on any atom is -0.504 e. The molecule has 4 aliphatic rings. The van der Waals surface area contributed by atoms with Crippen LogP contribution in [0.25, 0.3) is 0 Å². The number of benzene rings is 3. The normalized spacial score (nSPS) is 24.2. The standard InChI is InChI=1S/C35H36N4O7/c1-17-11-21-12-23-25(14-36)39-24(29(38(23)4)27(21)30(41)31(17)43-5)13-22-28(26(39)15-37-35(42)20-9-7-6-8-10-20)34-33(44-16-45-34)18(2)32(22)46-19(3)40/h6-11,23-26,29,41H,12-13,15-16H2,1-5H3,(H,37,42)/t23-,24-,25-,26-,29+/m0/s1. The molecule has 0 spiro atoms. The van der Waals surface area contributed by atoms with Crippen molar-refractivity contribution < 1.29 is 33.6 Å². The highest BCUT2D eigenvalue weighted by atomic mass is 16.7. The zero-order chi connectivity index (χ0) is 32.4. The fourth-order valence-electron chi connectivity index (χ4n) is 8.19. The summed E-state index contributed by atoms with van der Waals surface area (Å²) in [5.41, 5.74) is 5.20. The van der Waals surface area contributed by atoms with Gasteiger partial charge in [0.25, 0.3) is 5.91 Å². The first kappa shape index (κ1) is 29.9. The Balaban J connectivity index is 1.44. The lowest BCUT2D eigenvalue weighted by Crippen LogP contribution is -2.68. The molecule has 4 aliphatic heterocycles. The SMILES string of the molecule is COc1c(C)cc2c(c1O)[C@H]1[C@@H]3Cc4c(OC(C)=O)c(C)c5c(c4[C@H](CNC(=O)c4ccccc4)N3[C@@H](C#N)[C@H](C2)N1C)OCO5. The summed E-state index contributed by atoms with van der Waals surface area (Å²) < 4.78 is 23.5. The molecule has 46 heavy (non-hydrogen) atoms. The predicted octanol–water partition coefficient (Wildman–Crippen LogP) is 3.87. The number of carbonyl (C=O) groups excluding carboxylic acids is 2. The van der Waals surface area contributed by atoms with Crippen molar-refractivity contribution in [3.8, 4) is 34.8 Å². The molecule has 4 heterocycles. The number of phenolic OH excluding ortho intramolecular Hbond substituents is 1. The predicted molar refractivity (Wildman–Crippen MR) is 166 cm³/mol. The van der Waals surface area contributed by atoms with E-state index in [2.05, 4.69) is 21.2 Å². The van der Waals surface area contributed by atoms with Crippen LogP contribution in [0.15, 0.2) is 36.4 Å². The first-order chi connectivity index (χ1) is 22.2. The number of nitrogens with one attached hydrogen (secondary N) is 1. The summed E-state index contributed by atoms with van der Waals surface area (Å²) in [6.45, 7) is 5.24. The Morgan fingerprint density at radius 1 is 1.09 bits per heavy atom. The summed E-state index contributed by atoms with van der Waals surface area (Å²) in [6, 6.07) is 11.6. The van der Waals surface area contributed by atoms with Gasteiger partial charge in [-0.05, 0) is 57.0 Å². The van der Waals surface area contributed by atoms with Crippen molar-refractivity contribution in [2.75, 3.05) is 27.5 Å². The molecule has 0 aliphatic carbocycles. The average Bonchev–Trinajstić information content (AvgIpc) is 3.53. The van der Waals surface area contributed by atoms with Crippen molar-refractivity contribution in [2.45, 2.75) is 63.8 Å². The number of esters is 1. The number of fused-ring (bicyclic) bond motifs is 9. The van der Waals surface area contributed by atoms with Crippen LogP contribution in [0.5, 0.6) is 28.7 Å². The number of carbonyl (C=O) groups is 2. The van der Waals surface area contributed by atoms with Crippen LogP contribution < -0.4 is 24.3 Å². The number of amides is 1. The molecule has 0 aromatic heterocycles. The first-order valence-electron chi connectivity index (χ1n) is 15.4. The summed E-state index contributed by atoms with van der Waals surface area (Å²) >= 11 is 0. The minimum atomic E-state index is -0.577. The quantitative estimate of drug-likeness (QED) is 0.318. The smallest absolute Gasteiger partial charge is 0.308 e. The van der Waals surface area contributed by atoms with Gasteiger partial charge in [-0.3, -0.25) is 19.4 Å². The molecule has 0 radical (unpaired) electrons. The summed E-state index contributed by atoms with van der Waals surface area (Å²) in [5, 5.41) is 25.6. The molecule has 11 heteroatoms. The van der Waals surface area contributed by atoms with E-state index in [4.69, 9.17) is 18.9 Å². The molecule has 2 N–H and O–H groups in total. The van der Waals surface area contributed by atoms with Gasteiger partial charge < -0.3 is 29.4 Å². The summed E-state index contributed by atoms with van der Waals surface area (Å²) in [4.78, 5) is 30.2. The maximum Gasteiger partial charge on any atom is 0.308 e. The van der Waals surface area contributed by atoms with Gasteiger partial charge in [0, 0.05) is 53.4 Å². The summed E-state index contributed by atoms with van der Waals surface area (Å²) in [7, 11) is 3.53. The molecular formula is C35H36N4O7. The van der Waals surface area contributed by atoms with Crippen molar-refractivity contribution >= 4 is 11.9 Å². The van der Waals surface area contributed by atoms with Crippen LogP contribution in [-0.2, 0) is 17.6 Å². The Bertz CT molecular complexity index is 1800. The van der Waals surface area contributed by atoms with Gasteiger partial charge in [-0.25, -0.2) is 0 Å². The highest BCUT2D eigenvalue weighted by Crippen LogP contribution is 2.58. The van der Waals surface area contributed by atoms with Gasteiger partial charge >= 0.3 is 5.97 Å². The number of rotatable bonds is 5. The number of hydrogen-bond acceptors (Lipinski definition) is 10. The zero-order valence-corrected chi connectivity index (χ0v) is 26.4. The topological polar surface area (TPSA) is 134 Å². The second-order valence-electron chi connectivity index (χ2n) is 12.4. The van der Waals surface area contributed by atoms with Gasteiger partial charge in [0.05, 0.1) is 25.3 Å². The third-order valence-corrected chi connectivity index (χ3v) is 10.0. The van der Waals surface area contributed by atoms with Gasteiger partial charge in [-0.2, -0.15) is 5.26 Å². The fourth-order valence-corrected chi connectivity index (χ4v) is 8.19. The van der Waals surface area contributed by atoms with Crippen molar-refractivity contribution in [3.63, 3.8) is 0 Å². The number of methoxy groups -OCH3 is 1. The van der Waals surface area contributed by atoms with Gasteiger partial charge in [0.2, 0.25) is 6.79 Å². The summed E-state index contributed by atoms with van der Waals surface area (Å²) in [5.74, 6) is 1.19. The molecule has 2 bridgehead atoms. The molecule has 5 atom stereocenters. The van der Waals surface area contributed by atoms with Gasteiger partial charge in [-0.15, -0.1) is 0 Å². The number of likely N-dealkylation sites (N-methyl/N-ethyl adjacent to an activating group) is 1. The Labute approximate surface area is 267 Å². The molecule has 11 nitrogen and oxygen atoms in total. The van der Waals surface area contributed by atoms with E-state index in [1.54, 1.807) is 31.4 Å². The number of aryl methyl sites for hydroxylation is 1. The molecule has 0 saturated carbocycles. The number of ether oxygens (including phenoxy) is 4. The average molecular weight is 625 g/mol. The maximum absolute atomic E-state index is 13.4. The second-order valence-corrected chi connectivity index (χ2v) is 12.4. The van der Waals surface area contributed by atoms with Crippen LogP contribution in [0.2, 0.25) is 0 Å². The minimum absolute atomic E-state index is 0.00524. The number of aromatic hydroxyl groups is 1. The molecule has 7 rings (SSSR count). The molecular weight excluding hydrogens is 588 g/mol. The molecule has 238 valence electrons. The van der Waals surface area contributed by atoms with Gasteiger partial charge in [-0.1, -0.05) is 24.3 Å². The van der Waals surface area contributed by atoms with Crippen LogP contribution in [-0.4, -0.2) is 72.4 Å². The van der Waals surface area contributed by atoms with Crippen molar-refractivity contribution in [3.05, 3.63) is 75.3 Å². The van der Waals surface area contributed by atoms with E-state index in [1.165, 1.54) is 6.92 Å². The largest absolute Gasteiger partial charge is 0.504 e. The Morgan fingerprint density at radius 2 is 1.83 bits per heavy atom. The third-order valence-electron chi connectivity index (χ3n) is 10.0. The molecule has 1 fully saturated rings. The Kier molecular flexibility index (Phi) is 7.30. The van der Waals surface area contributed by atoms with E-state index in [0.29, 0.717) is 47.0 Å². The van der Waals surface area contributed by atoms with Crippen LogP contribution in [0.4, 0.5) is 0 Å². The van der Waals surface area contributed by atoms with Crippen LogP contribution in [0.1, 0.15) is 62.7 Å². The van der Waals surface area contributed by atoms with Gasteiger partial charge in [0.15, 0.2) is 23.0 Å². The Morgan fingerprint density at radius 3 is 2.52 bits per heavy atom. The molecule has 3 aromatic rings. The van der Waals surface area contributed by atoms with Crippen molar-refractivity contribution in [2.24, 2.45) is 0 Å². The van der Waals surface area contributed by atoms with E-state index in [0.717, 1.165) is 27.8 Å². The zero-order valence-electron chi connectivity index (χ0n) is 26.4. The lowest BCUT2D eigenvalue weighted by atomic mass is 9.71. The molecule has 3 aromatic carbocycles. The van der Waals surface area contributed by atoms with Crippen LogP contribution in [0, 0.1) is 25.2 Å². The van der Waals surface area contributed by atoms with Crippen LogP contribution in [0.3, 0.4) is 0 Å². The number of hydrogen-bond donors (Lipinski definition) is 2. The van der Waals surface area contributed by atoms with E-state index < -0.39 is 18.1 Å². The lowest BCUT2D eigenvalue weighted by molar-refractivity contribution is -0.132. The van der Waals surface area contributed by atoms with Gasteiger partial charge in [0.1, 0.15) is 11.8 Å². The van der Waals surface area contributed by atoms with E-state index in [1.807, 2.05) is 33.0 Å². The molecule has 0 unspecified atom stereocenters. The third kappa shape index (κ3) is 4.39. The number of nitrogens with zero attached hydrogens (tertiary/aromatic N) is 3. The second kappa shape index (κ2) is 11.2. The summed E-state index contributed by atoms with van der Waals surface area (Å²) in [6.07, 6.45) is 0.927. The monoisotopic (exact) mass is 624 g/mol. The van der Waals surface area contributed by atoms with Crippen LogP contribution >= 0.6 is 0 Å². The van der Waals surface area contributed by atoms with E-state index in [-0.39, 0.29) is 43.1 Å². The highest BCUT2D eigenvalue weighted by molar-refractivity contribution is 5.94. The molecule has 1 amide bonds. The molecule has 1 saturated heterocycles. The highest BCUT2D eigenvalue weighted by Gasteiger charge is 2.56. The van der Waals surface area contributed by atoms with Crippen molar-refractivity contribution in [1.82, 2.24) is 15.1 Å². The lowest BCUT2D eigenvalue weighted by Gasteiger charge is -2.60. The number of phenols is 1. The number of piperazine rings is 1. The first-order valence-corrected chi connectivity index (χ1v) is 15.4. The van der Waals surface area contributed by atoms with E-state index >= 15 is 0 Å². The van der Waals surface area contributed by atoms with Crippen molar-refractivity contribution in [1.29, 1.82) is 5.26 Å². The van der Waals surface area contributed by atoms with E-state index in [9.17, 15) is 20.0 Å². The Hall–Kier alpha value is -4.79.